The lowest BCUT2D eigenvalue weighted by Crippen LogP contribution is -2.13. The second-order valence-electron chi connectivity index (χ2n) is 6.09. The minimum absolute atomic E-state index is 0.252. The summed E-state index contributed by atoms with van der Waals surface area (Å²) in [5.41, 5.74) is 2.50. The average Bonchev–Trinajstić information content (AvgIpc) is 3.34. The first-order valence-electron chi connectivity index (χ1n) is 8.52. The van der Waals surface area contributed by atoms with Crippen LogP contribution >= 0.6 is 0 Å². The maximum absolute atomic E-state index is 12.4. The molecule has 0 atom stereocenters. The van der Waals surface area contributed by atoms with E-state index in [9.17, 15) is 4.79 Å². The van der Waals surface area contributed by atoms with Crippen LogP contribution in [0.5, 0.6) is 0 Å². The number of anilines is 3. The highest BCUT2D eigenvalue weighted by atomic mass is 16.5. The highest BCUT2D eigenvalue weighted by Gasteiger charge is 2.17. The van der Waals surface area contributed by atoms with Gasteiger partial charge in [0.15, 0.2) is 0 Å². The number of hydrogen-bond donors (Lipinski definition) is 2. The van der Waals surface area contributed by atoms with Crippen LogP contribution in [0.2, 0.25) is 0 Å². The van der Waals surface area contributed by atoms with E-state index in [0.29, 0.717) is 34.3 Å². The van der Waals surface area contributed by atoms with E-state index in [1.54, 1.807) is 43.1 Å². The number of imidazole rings is 1. The van der Waals surface area contributed by atoms with Crippen LogP contribution in [0.25, 0.3) is 5.82 Å². The Morgan fingerprint density at radius 3 is 2.57 bits per heavy atom. The highest BCUT2D eigenvalue weighted by molar-refractivity contribution is 6.05. The topological polar surface area (TPSA) is 111 Å². The maximum atomic E-state index is 12.4. The summed E-state index contributed by atoms with van der Waals surface area (Å²) >= 11 is 0. The first-order chi connectivity index (χ1) is 13.6. The molecule has 0 spiro atoms. The average molecular weight is 375 g/mol. The lowest BCUT2D eigenvalue weighted by molar-refractivity contribution is 0.102. The van der Waals surface area contributed by atoms with E-state index >= 15 is 0 Å². The Morgan fingerprint density at radius 2 is 1.89 bits per heavy atom. The highest BCUT2D eigenvalue weighted by Crippen LogP contribution is 2.20. The number of aryl methyl sites for hydroxylation is 2. The van der Waals surface area contributed by atoms with E-state index in [1.165, 1.54) is 6.33 Å². The van der Waals surface area contributed by atoms with Crippen LogP contribution in [0.4, 0.5) is 17.2 Å². The Labute approximate surface area is 160 Å². The van der Waals surface area contributed by atoms with Crippen molar-refractivity contribution in [3.63, 3.8) is 0 Å². The molecule has 3 heterocycles. The number of aromatic nitrogens is 5. The van der Waals surface area contributed by atoms with Crippen LogP contribution < -0.4 is 10.6 Å². The predicted molar refractivity (Wildman–Crippen MR) is 103 cm³/mol. The van der Waals surface area contributed by atoms with Crippen LogP contribution in [0, 0.1) is 13.8 Å². The minimum atomic E-state index is -0.252. The van der Waals surface area contributed by atoms with Gasteiger partial charge < -0.3 is 15.2 Å². The number of carbonyl (C=O) groups excluding carboxylic acids is 1. The molecule has 0 bridgehead atoms. The van der Waals surface area contributed by atoms with E-state index in [2.05, 4.69) is 30.7 Å². The first kappa shape index (κ1) is 17.4. The Morgan fingerprint density at radius 1 is 1.11 bits per heavy atom. The van der Waals surface area contributed by atoms with E-state index in [1.807, 2.05) is 24.4 Å². The molecule has 0 saturated heterocycles. The SMILES string of the molecule is Cc1noc(C)c1C(=O)Nc1ccc(Nc2cc(-n3ccnc3)ncn2)cc1. The summed E-state index contributed by atoms with van der Waals surface area (Å²) in [6.45, 7) is 3.44. The molecule has 0 aliphatic carbocycles. The molecule has 2 N–H and O–H groups in total. The van der Waals surface area contributed by atoms with Gasteiger partial charge in [-0.2, -0.15) is 0 Å². The third-order valence-corrected chi connectivity index (χ3v) is 4.10. The molecule has 0 radical (unpaired) electrons. The molecule has 9 nitrogen and oxygen atoms in total. The minimum Gasteiger partial charge on any atom is -0.361 e. The Kier molecular flexibility index (Phi) is 4.55. The van der Waals surface area contributed by atoms with Gasteiger partial charge >= 0.3 is 0 Å². The van der Waals surface area contributed by atoms with E-state index < -0.39 is 0 Å². The predicted octanol–water partition coefficient (Wildman–Crippen LogP) is 3.26. The molecule has 140 valence electrons. The van der Waals surface area contributed by atoms with Gasteiger partial charge in [-0.05, 0) is 38.1 Å². The standard InChI is InChI=1S/C19H17N7O2/c1-12-18(13(2)28-25-12)19(27)24-15-5-3-14(4-6-15)23-16-9-17(22-10-21-16)26-8-7-20-11-26/h3-11H,1-2H3,(H,24,27)(H,21,22,23). The Bertz CT molecular complexity index is 1080. The van der Waals surface area contributed by atoms with Crippen LogP contribution in [-0.2, 0) is 0 Å². The quantitative estimate of drug-likeness (QED) is 0.551. The molecule has 9 heteroatoms. The van der Waals surface area contributed by atoms with Crippen molar-refractivity contribution in [3.05, 3.63) is 72.4 Å². The van der Waals surface area contributed by atoms with Crippen molar-refractivity contribution in [2.75, 3.05) is 10.6 Å². The van der Waals surface area contributed by atoms with Crippen LogP contribution in [0.1, 0.15) is 21.8 Å². The van der Waals surface area contributed by atoms with Crippen molar-refractivity contribution in [1.82, 2.24) is 24.7 Å². The summed E-state index contributed by atoms with van der Waals surface area (Å²) in [5.74, 6) is 1.59. The molecule has 0 saturated carbocycles. The van der Waals surface area contributed by atoms with Crippen molar-refractivity contribution in [1.29, 1.82) is 0 Å². The number of amides is 1. The van der Waals surface area contributed by atoms with Crippen LogP contribution in [0.15, 0.2) is 59.9 Å². The number of carbonyl (C=O) groups is 1. The van der Waals surface area contributed by atoms with Crippen molar-refractivity contribution < 1.29 is 9.32 Å². The van der Waals surface area contributed by atoms with Crippen LogP contribution in [0.3, 0.4) is 0 Å². The number of nitrogens with one attached hydrogen (secondary N) is 2. The molecular formula is C19H17N7O2. The summed E-state index contributed by atoms with van der Waals surface area (Å²) in [4.78, 5) is 24.9. The maximum Gasteiger partial charge on any atom is 0.261 e. The van der Waals surface area contributed by atoms with Crippen LogP contribution in [-0.4, -0.2) is 30.6 Å². The molecule has 3 aromatic heterocycles. The zero-order valence-corrected chi connectivity index (χ0v) is 15.2. The van der Waals surface area contributed by atoms with Gasteiger partial charge in [-0.3, -0.25) is 9.36 Å². The summed E-state index contributed by atoms with van der Waals surface area (Å²) < 4.78 is 6.83. The van der Waals surface area contributed by atoms with Gasteiger partial charge in [0.1, 0.15) is 35.6 Å². The van der Waals surface area contributed by atoms with Gasteiger partial charge in [-0.25, -0.2) is 15.0 Å². The third-order valence-electron chi connectivity index (χ3n) is 4.10. The Hall–Kier alpha value is -4.01. The lowest BCUT2D eigenvalue weighted by Gasteiger charge is -2.09. The lowest BCUT2D eigenvalue weighted by atomic mass is 10.2. The zero-order chi connectivity index (χ0) is 19.5. The summed E-state index contributed by atoms with van der Waals surface area (Å²) in [6, 6.07) is 9.12. The molecular weight excluding hydrogens is 358 g/mol. The summed E-state index contributed by atoms with van der Waals surface area (Å²) in [5, 5.41) is 9.85. The second kappa shape index (κ2) is 7.31. The molecule has 28 heavy (non-hydrogen) atoms. The molecule has 0 unspecified atom stereocenters. The fraction of sp³-hybridized carbons (Fsp3) is 0.105. The third kappa shape index (κ3) is 3.58. The van der Waals surface area contributed by atoms with Gasteiger partial charge in [-0.1, -0.05) is 5.16 Å². The number of benzene rings is 1. The molecule has 4 aromatic rings. The normalized spacial score (nSPS) is 10.6. The number of nitrogens with zero attached hydrogens (tertiary/aromatic N) is 5. The largest absolute Gasteiger partial charge is 0.361 e. The van der Waals surface area contributed by atoms with Crippen molar-refractivity contribution in [2.24, 2.45) is 0 Å². The summed E-state index contributed by atoms with van der Waals surface area (Å²) in [7, 11) is 0. The number of rotatable bonds is 5. The Balaban J connectivity index is 1.45. The van der Waals surface area contributed by atoms with Gasteiger partial charge in [0, 0.05) is 29.8 Å². The molecule has 1 amide bonds. The van der Waals surface area contributed by atoms with Gasteiger partial charge in [0.05, 0.1) is 5.69 Å². The molecule has 0 aliphatic rings. The second-order valence-corrected chi connectivity index (χ2v) is 6.09. The molecule has 0 fully saturated rings. The van der Waals surface area contributed by atoms with Crippen molar-refractivity contribution in [2.45, 2.75) is 13.8 Å². The monoisotopic (exact) mass is 375 g/mol. The fourth-order valence-electron chi connectivity index (χ4n) is 2.74. The van der Waals surface area contributed by atoms with Gasteiger partial charge in [0.2, 0.25) is 0 Å². The van der Waals surface area contributed by atoms with Gasteiger partial charge in [0.25, 0.3) is 5.91 Å². The first-order valence-corrected chi connectivity index (χ1v) is 8.52. The smallest absolute Gasteiger partial charge is 0.261 e. The zero-order valence-electron chi connectivity index (χ0n) is 15.2. The fourth-order valence-corrected chi connectivity index (χ4v) is 2.74. The number of hydrogen-bond acceptors (Lipinski definition) is 7. The molecule has 4 rings (SSSR count). The molecule has 0 aliphatic heterocycles. The van der Waals surface area contributed by atoms with Crippen molar-refractivity contribution in [3.8, 4) is 5.82 Å². The van der Waals surface area contributed by atoms with Crippen molar-refractivity contribution >= 4 is 23.1 Å². The van der Waals surface area contributed by atoms with Gasteiger partial charge in [-0.15, -0.1) is 0 Å². The molecule has 1 aromatic carbocycles. The van der Waals surface area contributed by atoms with E-state index in [4.69, 9.17) is 4.52 Å². The summed E-state index contributed by atoms with van der Waals surface area (Å²) in [6.07, 6.45) is 6.64. The van der Waals surface area contributed by atoms with E-state index in [0.717, 1.165) is 5.69 Å². The van der Waals surface area contributed by atoms with E-state index in [-0.39, 0.29) is 5.91 Å².